The number of hydrogen-bond acceptors (Lipinski definition) is 3. The molecule has 4 nitrogen and oxygen atoms in total. The summed E-state index contributed by atoms with van der Waals surface area (Å²) in [5.41, 5.74) is -1.87. The van der Waals surface area contributed by atoms with Crippen molar-refractivity contribution in [2.24, 2.45) is 0 Å². The Morgan fingerprint density at radius 2 is 1.33 bits per heavy atom. The number of amides is 2. The van der Waals surface area contributed by atoms with Crippen LogP contribution in [0.25, 0.3) is 0 Å². The zero-order chi connectivity index (χ0) is 21.6. The maximum atomic E-state index is 13.6. The number of rotatable bonds is 3. The van der Waals surface area contributed by atoms with Gasteiger partial charge in [-0.3, -0.25) is 9.59 Å². The van der Waals surface area contributed by atoms with Gasteiger partial charge in [0.25, 0.3) is 11.8 Å². The molecule has 1 aliphatic heterocycles. The molecule has 152 valence electrons. The first-order chi connectivity index (χ1) is 14.1. The average Bonchev–Trinajstić information content (AvgIpc) is 2.92. The number of benzene rings is 3. The fraction of sp³-hybridized carbons (Fsp3) is 0.0476. The van der Waals surface area contributed by atoms with Crippen LogP contribution in [0.2, 0.25) is 10.0 Å². The van der Waals surface area contributed by atoms with Crippen LogP contribution in [0.15, 0.2) is 60.7 Å². The van der Waals surface area contributed by atoms with Gasteiger partial charge in [-0.25, -0.2) is 4.90 Å². The molecule has 0 spiro atoms. The lowest BCUT2D eigenvalue weighted by Gasteiger charge is -2.21. The minimum absolute atomic E-state index is 0.00918. The van der Waals surface area contributed by atoms with Gasteiger partial charge in [0.1, 0.15) is 11.5 Å². The number of ether oxygens (including phenoxy) is 1. The smallest absolute Gasteiger partial charge is 0.418 e. The molecule has 0 N–H and O–H groups in total. The predicted octanol–water partition coefficient (Wildman–Crippen LogP) is 6.61. The Labute approximate surface area is 178 Å². The first-order valence-electron chi connectivity index (χ1n) is 8.48. The van der Waals surface area contributed by atoms with Crippen LogP contribution in [0.3, 0.4) is 0 Å². The Morgan fingerprint density at radius 1 is 0.733 bits per heavy atom. The molecule has 30 heavy (non-hydrogen) atoms. The summed E-state index contributed by atoms with van der Waals surface area (Å²) in [6.07, 6.45) is -4.80. The SMILES string of the molecule is O=C1c2ccc(Cl)cc2C(=O)N1c1cc(Oc2ccc(Cl)cc2)ccc1C(F)(F)F. The largest absolute Gasteiger partial charge is 0.457 e. The second kappa shape index (κ2) is 7.34. The van der Waals surface area contributed by atoms with Crippen molar-refractivity contribution in [2.75, 3.05) is 4.90 Å². The van der Waals surface area contributed by atoms with E-state index in [1.807, 2.05) is 0 Å². The number of carbonyl (C=O) groups is 2. The maximum absolute atomic E-state index is 13.6. The van der Waals surface area contributed by atoms with Gasteiger partial charge in [0.15, 0.2) is 0 Å². The molecule has 0 aliphatic carbocycles. The molecule has 0 saturated carbocycles. The van der Waals surface area contributed by atoms with E-state index >= 15 is 0 Å². The molecule has 3 aromatic rings. The van der Waals surface area contributed by atoms with E-state index in [4.69, 9.17) is 27.9 Å². The third kappa shape index (κ3) is 3.62. The highest BCUT2D eigenvalue weighted by Crippen LogP contribution is 2.42. The van der Waals surface area contributed by atoms with Gasteiger partial charge in [0, 0.05) is 16.1 Å². The predicted molar refractivity (Wildman–Crippen MR) is 106 cm³/mol. The van der Waals surface area contributed by atoms with E-state index in [2.05, 4.69) is 0 Å². The molecule has 2 amide bonds. The molecule has 0 fully saturated rings. The molecule has 0 radical (unpaired) electrons. The molecule has 3 aromatic carbocycles. The standard InChI is InChI=1S/C21H10Cl2F3NO3/c22-11-1-4-13(5-2-11)30-14-6-8-17(21(24,25)26)18(10-14)27-19(28)15-7-3-12(23)9-16(15)20(27)29/h1-10H. The molecule has 4 rings (SSSR count). The molecular formula is C21H10Cl2F3NO3. The van der Waals surface area contributed by atoms with Crippen molar-refractivity contribution >= 4 is 40.7 Å². The van der Waals surface area contributed by atoms with Gasteiger partial charge >= 0.3 is 6.18 Å². The Morgan fingerprint density at radius 3 is 2.00 bits per heavy atom. The Balaban J connectivity index is 1.80. The summed E-state index contributed by atoms with van der Waals surface area (Å²) in [5, 5.41) is 0.646. The van der Waals surface area contributed by atoms with Crippen molar-refractivity contribution in [1.82, 2.24) is 0 Å². The molecule has 9 heteroatoms. The van der Waals surface area contributed by atoms with Gasteiger partial charge in [-0.1, -0.05) is 23.2 Å². The highest BCUT2D eigenvalue weighted by molar-refractivity contribution is 6.37. The maximum Gasteiger partial charge on any atom is 0.418 e. The minimum Gasteiger partial charge on any atom is -0.457 e. The van der Waals surface area contributed by atoms with E-state index in [0.29, 0.717) is 15.7 Å². The quantitative estimate of drug-likeness (QED) is 0.421. The summed E-state index contributed by atoms with van der Waals surface area (Å²) in [6.45, 7) is 0. The summed E-state index contributed by atoms with van der Waals surface area (Å²) in [7, 11) is 0. The second-order valence-corrected chi connectivity index (χ2v) is 7.24. The number of carbonyl (C=O) groups excluding carboxylic acids is 2. The number of anilines is 1. The molecule has 0 aromatic heterocycles. The third-order valence-electron chi connectivity index (χ3n) is 4.41. The van der Waals surface area contributed by atoms with Crippen LogP contribution in [0, 0.1) is 0 Å². The molecule has 1 aliphatic rings. The molecule has 1 heterocycles. The lowest BCUT2D eigenvalue weighted by molar-refractivity contribution is -0.137. The number of halogens is 5. The fourth-order valence-electron chi connectivity index (χ4n) is 3.07. The van der Waals surface area contributed by atoms with E-state index in [0.717, 1.165) is 18.2 Å². The van der Waals surface area contributed by atoms with Crippen LogP contribution < -0.4 is 9.64 Å². The second-order valence-electron chi connectivity index (χ2n) is 6.37. The summed E-state index contributed by atoms with van der Waals surface area (Å²) in [4.78, 5) is 26.0. The van der Waals surface area contributed by atoms with Crippen LogP contribution in [0.5, 0.6) is 11.5 Å². The highest BCUT2D eigenvalue weighted by Gasteiger charge is 2.43. The topological polar surface area (TPSA) is 46.6 Å². The Kier molecular flexibility index (Phi) is 4.95. The van der Waals surface area contributed by atoms with Crippen molar-refractivity contribution in [1.29, 1.82) is 0 Å². The van der Waals surface area contributed by atoms with Gasteiger partial charge < -0.3 is 4.74 Å². The van der Waals surface area contributed by atoms with Crippen LogP contribution >= 0.6 is 23.2 Å². The monoisotopic (exact) mass is 451 g/mol. The third-order valence-corrected chi connectivity index (χ3v) is 4.90. The summed E-state index contributed by atoms with van der Waals surface area (Å²) in [5.74, 6) is -1.44. The number of alkyl halides is 3. The van der Waals surface area contributed by atoms with E-state index < -0.39 is 29.2 Å². The first kappa shape index (κ1) is 20.3. The van der Waals surface area contributed by atoms with Crippen LogP contribution in [-0.2, 0) is 6.18 Å². The Hall–Kier alpha value is -3.03. The van der Waals surface area contributed by atoms with Gasteiger partial charge in [-0.15, -0.1) is 0 Å². The van der Waals surface area contributed by atoms with Crippen molar-refractivity contribution in [3.8, 4) is 11.5 Å². The molecule has 0 saturated heterocycles. The summed E-state index contributed by atoms with van der Waals surface area (Å²) >= 11 is 11.7. The van der Waals surface area contributed by atoms with Crippen molar-refractivity contribution in [3.05, 3.63) is 87.4 Å². The van der Waals surface area contributed by atoms with Crippen LogP contribution in [0.4, 0.5) is 18.9 Å². The van der Waals surface area contributed by atoms with Gasteiger partial charge in [0.2, 0.25) is 0 Å². The van der Waals surface area contributed by atoms with Crippen molar-refractivity contribution < 1.29 is 27.5 Å². The zero-order valence-electron chi connectivity index (χ0n) is 14.8. The first-order valence-corrected chi connectivity index (χ1v) is 9.24. The summed E-state index contributed by atoms with van der Waals surface area (Å²) in [6, 6.07) is 13.0. The van der Waals surface area contributed by atoms with Crippen LogP contribution in [0.1, 0.15) is 26.3 Å². The average molecular weight is 452 g/mol. The number of fused-ring (bicyclic) bond motifs is 1. The van der Waals surface area contributed by atoms with E-state index in [9.17, 15) is 22.8 Å². The van der Waals surface area contributed by atoms with E-state index in [-0.39, 0.29) is 21.9 Å². The highest BCUT2D eigenvalue weighted by atomic mass is 35.5. The normalized spacial score (nSPS) is 13.6. The number of imide groups is 1. The zero-order valence-corrected chi connectivity index (χ0v) is 16.3. The minimum atomic E-state index is -4.80. The van der Waals surface area contributed by atoms with Crippen molar-refractivity contribution in [2.45, 2.75) is 6.18 Å². The van der Waals surface area contributed by atoms with E-state index in [1.54, 1.807) is 12.1 Å². The number of nitrogens with zero attached hydrogens (tertiary/aromatic N) is 1. The lowest BCUT2D eigenvalue weighted by atomic mass is 10.1. The summed E-state index contributed by atoms with van der Waals surface area (Å²) < 4.78 is 46.4. The Bertz CT molecular complexity index is 1180. The van der Waals surface area contributed by atoms with Gasteiger partial charge in [-0.2, -0.15) is 13.2 Å². The van der Waals surface area contributed by atoms with Crippen LogP contribution in [-0.4, -0.2) is 11.8 Å². The molecule has 0 atom stereocenters. The molecular weight excluding hydrogens is 442 g/mol. The van der Waals surface area contributed by atoms with Crippen molar-refractivity contribution in [3.63, 3.8) is 0 Å². The van der Waals surface area contributed by atoms with E-state index in [1.165, 1.54) is 30.3 Å². The molecule has 0 bridgehead atoms. The fourth-order valence-corrected chi connectivity index (χ4v) is 3.37. The lowest BCUT2D eigenvalue weighted by Crippen LogP contribution is -2.31. The molecule has 0 unspecified atom stereocenters. The number of hydrogen-bond donors (Lipinski definition) is 0. The van der Waals surface area contributed by atoms with Gasteiger partial charge in [-0.05, 0) is 54.6 Å². The van der Waals surface area contributed by atoms with Gasteiger partial charge in [0.05, 0.1) is 22.4 Å².